The first-order valence-corrected chi connectivity index (χ1v) is 8.25. The van der Waals surface area contributed by atoms with Gasteiger partial charge in [-0.2, -0.15) is 0 Å². The average molecular weight is 255 g/mol. The van der Waals surface area contributed by atoms with Crippen molar-refractivity contribution in [2.45, 2.75) is 45.4 Å². The fourth-order valence-corrected chi connectivity index (χ4v) is 6.16. The summed E-state index contributed by atoms with van der Waals surface area (Å²) < 4.78 is 0. The first kappa shape index (κ1) is 11.5. The van der Waals surface area contributed by atoms with Gasteiger partial charge in [0, 0.05) is 5.41 Å². The summed E-state index contributed by atoms with van der Waals surface area (Å²) in [5.74, 6) is 0.583. The molecule has 0 aromatic carbocycles. The maximum Gasteiger partial charge on any atom is 0.118 e. The summed E-state index contributed by atoms with van der Waals surface area (Å²) in [6.45, 7) is 5.34. The summed E-state index contributed by atoms with van der Waals surface area (Å²) >= 11 is 12.0. The molecule has 2 aliphatic rings. The predicted octanol–water partition coefficient (Wildman–Crippen LogP) is 4.31. The highest BCUT2D eigenvalue weighted by atomic mass is 35.9. The number of rotatable bonds is 1. The van der Waals surface area contributed by atoms with Crippen LogP contribution >= 0.6 is 29.1 Å². The quantitative estimate of drug-likeness (QED) is 0.692. The molecule has 3 atom stereocenters. The summed E-state index contributed by atoms with van der Waals surface area (Å²) in [7, 11) is 0. The lowest BCUT2D eigenvalue weighted by Crippen LogP contribution is -2.44. The van der Waals surface area contributed by atoms with Gasteiger partial charge in [-0.3, -0.25) is 0 Å². The Hall–Kier alpha value is 0.970. The Balaban J connectivity index is 2.45. The van der Waals surface area contributed by atoms with Crippen LogP contribution in [0.15, 0.2) is 0 Å². The molecule has 0 radical (unpaired) electrons. The average Bonchev–Trinajstić information content (AvgIpc) is 2.36. The normalized spacial score (nSPS) is 50.4. The molecule has 3 unspecified atom stereocenters. The molecule has 82 valence electrons. The minimum absolute atomic E-state index is 0.0974. The van der Waals surface area contributed by atoms with Gasteiger partial charge in [-0.25, -0.2) is 0 Å². The van der Waals surface area contributed by atoms with Crippen molar-refractivity contribution in [2.75, 3.05) is 0 Å². The largest absolute Gasteiger partial charge is 0.382 e. The number of hydrogen-bond donors (Lipinski definition) is 1. The van der Waals surface area contributed by atoms with Crippen LogP contribution in [-0.4, -0.2) is 10.4 Å². The molecule has 0 aliphatic heterocycles. The van der Waals surface area contributed by atoms with Crippen molar-refractivity contribution in [2.24, 2.45) is 16.7 Å². The van der Waals surface area contributed by atoms with Gasteiger partial charge >= 0.3 is 0 Å². The first-order valence-electron chi connectivity index (χ1n) is 5.10. The van der Waals surface area contributed by atoms with E-state index < -0.39 is 12.0 Å². The van der Waals surface area contributed by atoms with Crippen molar-refractivity contribution in [3.05, 3.63) is 0 Å². The van der Waals surface area contributed by atoms with E-state index in [0.717, 1.165) is 12.8 Å². The Bertz CT molecular complexity index is 269. The van der Waals surface area contributed by atoms with Gasteiger partial charge in [-0.05, 0) is 30.6 Å². The minimum Gasteiger partial charge on any atom is -0.382 e. The van der Waals surface area contributed by atoms with Crippen molar-refractivity contribution in [3.8, 4) is 0 Å². The minimum atomic E-state index is -1.31. The van der Waals surface area contributed by atoms with E-state index in [1.54, 1.807) is 0 Å². The van der Waals surface area contributed by atoms with Gasteiger partial charge in [0.1, 0.15) is 12.0 Å². The van der Waals surface area contributed by atoms with Gasteiger partial charge in [0.15, 0.2) is 0 Å². The van der Waals surface area contributed by atoms with E-state index in [9.17, 15) is 5.11 Å². The van der Waals surface area contributed by atoms with Crippen molar-refractivity contribution in [1.82, 2.24) is 0 Å². The molecule has 1 N–H and O–H groups in total. The van der Waals surface area contributed by atoms with Crippen molar-refractivity contribution in [3.63, 3.8) is 0 Å². The van der Waals surface area contributed by atoms with Crippen LogP contribution < -0.4 is 0 Å². The van der Waals surface area contributed by atoms with Crippen LogP contribution in [0.4, 0.5) is 0 Å². The fraction of sp³-hybridized carbons (Fsp3) is 1.00. The van der Waals surface area contributed by atoms with Gasteiger partial charge in [0.2, 0.25) is 0 Å². The Morgan fingerprint density at radius 2 is 1.86 bits per heavy atom. The lowest BCUT2D eigenvalue weighted by Gasteiger charge is -2.45. The predicted molar refractivity (Wildman–Crippen MR) is 62.8 cm³/mol. The highest BCUT2D eigenvalue weighted by molar-refractivity contribution is 8.04. The SMILES string of the molecule is CC1(C)C2CCC1(C)C(O)(P(Cl)Cl)C2. The molecular formula is C10H17Cl2OP. The Labute approximate surface area is 96.5 Å². The maximum atomic E-state index is 10.6. The fourth-order valence-electron chi connectivity index (χ4n) is 3.49. The highest BCUT2D eigenvalue weighted by Gasteiger charge is 2.70. The summed E-state index contributed by atoms with van der Waals surface area (Å²) in [5.41, 5.74) is 0.0754. The molecule has 4 heteroatoms. The Morgan fingerprint density at radius 1 is 1.29 bits per heavy atom. The number of hydrogen-bond acceptors (Lipinski definition) is 1. The highest BCUT2D eigenvalue weighted by Crippen LogP contribution is 2.79. The van der Waals surface area contributed by atoms with E-state index in [4.69, 9.17) is 22.5 Å². The maximum absolute atomic E-state index is 10.6. The zero-order chi connectivity index (χ0) is 10.8. The van der Waals surface area contributed by atoms with Crippen LogP contribution in [-0.2, 0) is 0 Å². The molecule has 1 nitrogen and oxygen atoms in total. The van der Waals surface area contributed by atoms with Crippen LogP contribution in [0.5, 0.6) is 0 Å². The Morgan fingerprint density at radius 3 is 2.07 bits per heavy atom. The Kier molecular flexibility index (Phi) is 2.46. The lowest BCUT2D eigenvalue weighted by molar-refractivity contribution is -0.0185. The molecule has 0 amide bonds. The van der Waals surface area contributed by atoms with Gasteiger partial charge < -0.3 is 5.11 Å². The molecule has 0 saturated heterocycles. The van der Waals surface area contributed by atoms with E-state index >= 15 is 0 Å². The lowest BCUT2D eigenvalue weighted by atomic mass is 9.69. The third kappa shape index (κ3) is 1.05. The number of halogens is 2. The zero-order valence-corrected chi connectivity index (χ0v) is 11.3. The summed E-state index contributed by atoms with van der Waals surface area (Å²) in [4.78, 5) is 0. The van der Waals surface area contributed by atoms with Crippen LogP contribution in [0.25, 0.3) is 0 Å². The van der Waals surface area contributed by atoms with Crippen molar-refractivity contribution >= 4 is 29.1 Å². The second-order valence-corrected chi connectivity index (χ2v) is 9.30. The van der Waals surface area contributed by atoms with E-state index in [1.165, 1.54) is 6.42 Å². The molecule has 0 aromatic heterocycles. The second kappa shape index (κ2) is 3.00. The van der Waals surface area contributed by atoms with E-state index in [-0.39, 0.29) is 10.8 Å². The van der Waals surface area contributed by atoms with Crippen LogP contribution in [0.3, 0.4) is 0 Å². The smallest absolute Gasteiger partial charge is 0.118 e. The molecule has 0 spiro atoms. The molecule has 2 aliphatic carbocycles. The van der Waals surface area contributed by atoms with E-state index in [2.05, 4.69) is 20.8 Å². The topological polar surface area (TPSA) is 20.2 Å². The molecule has 2 fully saturated rings. The van der Waals surface area contributed by atoms with Crippen LogP contribution in [0.1, 0.15) is 40.0 Å². The first-order chi connectivity index (χ1) is 6.26. The van der Waals surface area contributed by atoms with Gasteiger partial charge in [0.05, 0.1) is 0 Å². The van der Waals surface area contributed by atoms with Crippen molar-refractivity contribution in [1.29, 1.82) is 0 Å². The molecule has 2 rings (SSSR count). The third-order valence-electron chi connectivity index (χ3n) is 5.13. The van der Waals surface area contributed by atoms with Crippen molar-refractivity contribution < 1.29 is 5.11 Å². The molecule has 0 aromatic rings. The molecular weight excluding hydrogens is 238 g/mol. The van der Waals surface area contributed by atoms with Gasteiger partial charge in [-0.15, -0.1) is 0 Å². The van der Waals surface area contributed by atoms with Gasteiger partial charge in [-0.1, -0.05) is 43.3 Å². The standard InChI is InChI=1S/C10H17Cl2OP/c1-8(2)7-4-5-9(8,3)10(13,6-7)14(11)12/h7,13H,4-6H2,1-3H3. The second-order valence-electron chi connectivity index (χ2n) is 5.54. The molecule has 0 heterocycles. The zero-order valence-electron chi connectivity index (χ0n) is 8.85. The van der Waals surface area contributed by atoms with E-state index in [0.29, 0.717) is 5.92 Å². The summed E-state index contributed by atoms with van der Waals surface area (Å²) in [6.07, 6.45) is 3.05. The number of aliphatic hydroxyl groups is 1. The molecule has 2 bridgehead atoms. The molecule has 2 saturated carbocycles. The van der Waals surface area contributed by atoms with Gasteiger partial charge in [0.25, 0.3) is 0 Å². The summed E-state index contributed by atoms with van der Waals surface area (Å²) in [6, 6.07) is 0. The number of fused-ring (bicyclic) bond motifs is 2. The monoisotopic (exact) mass is 254 g/mol. The van der Waals surface area contributed by atoms with Crippen LogP contribution in [0.2, 0.25) is 0 Å². The van der Waals surface area contributed by atoms with Crippen LogP contribution in [0, 0.1) is 16.7 Å². The van der Waals surface area contributed by atoms with E-state index in [1.807, 2.05) is 0 Å². The molecule has 14 heavy (non-hydrogen) atoms. The third-order valence-corrected chi connectivity index (χ3v) is 8.04. The summed E-state index contributed by atoms with van der Waals surface area (Å²) in [5, 5.41) is 9.80.